The van der Waals surface area contributed by atoms with Crippen molar-refractivity contribution in [2.24, 2.45) is 0 Å². The van der Waals surface area contributed by atoms with Gasteiger partial charge in [-0.1, -0.05) is 0 Å². The molecule has 0 spiro atoms. The second-order valence-corrected chi connectivity index (χ2v) is 15.2. The van der Waals surface area contributed by atoms with Gasteiger partial charge in [0, 0.05) is 0 Å². The van der Waals surface area contributed by atoms with E-state index >= 15 is 0 Å². The van der Waals surface area contributed by atoms with E-state index in [0.717, 1.165) is 12.6 Å². The van der Waals surface area contributed by atoms with Crippen molar-refractivity contribution in [3.8, 4) is 0 Å². The quantitative estimate of drug-likeness (QED) is 0.301. The first kappa shape index (κ1) is 17.9. The molecule has 25 heavy (non-hydrogen) atoms. The number of halogens is 1. The van der Waals surface area contributed by atoms with E-state index in [1.807, 2.05) is 0 Å². The molecule has 0 radical (unpaired) electrons. The van der Waals surface area contributed by atoms with Crippen LogP contribution in [0, 0.1) is 6.57 Å². The third kappa shape index (κ3) is 3.15. The Hall–Kier alpha value is -1.94. The summed E-state index contributed by atoms with van der Waals surface area (Å²) in [5.74, 6) is 0. The van der Waals surface area contributed by atoms with E-state index in [4.69, 9.17) is 6.57 Å². The van der Waals surface area contributed by atoms with Gasteiger partial charge < -0.3 is 0 Å². The fourth-order valence-corrected chi connectivity index (χ4v) is 11.2. The molecule has 0 saturated carbocycles. The molecular weight excluding hydrogens is 389 g/mol. The number of rotatable bonds is 6. The zero-order valence-electron chi connectivity index (χ0n) is 14.1. The molecule has 0 aliphatic carbocycles. The molecule has 3 aromatic carbocycles. The van der Waals surface area contributed by atoms with Crippen LogP contribution < -0.4 is 15.9 Å². The fourth-order valence-electron chi connectivity index (χ4n) is 3.50. The molecule has 0 heterocycles. The van der Waals surface area contributed by atoms with Gasteiger partial charge >= 0.3 is 158 Å². The van der Waals surface area contributed by atoms with Gasteiger partial charge in [-0.05, 0) is 0 Å². The van der Waals surface area contributed by atoms with Crippen LogP contribution in [0.4, 0.5) is 0 Å². The number of hydrogen-bond donors (Lipinski definition) is 0. The van der Waals surface area contributed by atoms with Crippen molar-refractivity contribution in [1.82, 2.24) is 0 Å². The van der Waals surface area contributed by atoms with Gasteiger partial charge in [0.1, 0.15) is 0 Å². The molecule has 0 fully saturated rings. The Labute approximate surface area is 158 Å². The van der Waals surface area contributed by atoms with Crippen molar-refractivity contribution in [3.05, 3.63) is 102 Å². The normalized spacial score (nSPS) is 12.7. The van der Waals surface area contributed by atoms with Gasteiger partial charge in [-0.3, -0.25) is 0 Å². The molecule has 0 aromatic heterocycles. The van der Waals surface area contributed by atoms with Gasteiger partial charge in [0.05, 0.1) is 0 Å². The second kappa shape index (κ2) is 7.52. The van der Waals surface area contributed by atoms with Gasteiger partial charge in [-0.15, -0.1) is 0 Å². The zero-order chi connectivity index (χ0) is 17.6. The Morgan fingerprint density at radius 1 is 0.680 bits per heavy atom. The Kier molecular flexibility index (Phi) is 5.38. The molecule has 3 aromatic rings. The van der Waals surface area contributed by atoms with Crippen LogP contribution in [0.25, 0.3) is 4.85 Å². The molecule has 1 nitrogen and oxygen atoms in total. The summed E-state index contributed by atoms with van der Waals surface area (Å²) in [5, 5.41) is 1.15. The summed E-state index contributed by atoms with van der Waals surface area (Å²) in [7, 11) is 0. The van der Waals surface area contributed by atoms with Crippen LogP contribution in [0.3, 0.4) is 0 Å². The van der Waals surface area contributed by atoms with E-state index in [-0.39, 0.29) is 0 Å². The molecule has 0 saturated heterocycles. The van der Waals surface area contributed by atoms with Crippen molar-refractivity contribution in [2.45, 2.75) is 6.42 Å². The standard InChI is InChI=1S/C22H21BrNP/c1-24-18-11-19-25(23,20-12-5-2-6-13-20,21-14-7-3-8-15-21)22-16-9-4-10-17-22/h2-10,12-17H,11,18-19H2. The van der Waals surface area contributed by atoms with Gasteiger partial charge in [0.2, 0.25) is 0 Å². The summed E-state index contributed by atoms with van der Waals surface area (Å²) in [6.07, 6.45) is 1.80. The first-order valence-electron chi connectivity index (χ1n) is 8.43. The first-order chi connectivity index (χ1) is 12.2. The van der Waals surface area contributed by atoms with Gasteiger partial charge in [0.15, 0.2) is 0 Å². The molecule has 0 aliphatic heterocycles. The monoisotopic (exact) mass is 409 g/mol. The predicted octanol–water partition coefficient (Wildman–Crippen LogP) is 5.14. The van der Waals surface area contributed by atoms with E-state index < -0.39 is 5.31 Å². The minimum absolute atomic E-state index is 0.552. The third-order valence-electron chi connectivity index (χ3n) is 4.73. The Morgan fingerprint density at radius 3 is 1.36 bits per heavy atom. The Bertz CT molecular complexity index is 757. The van der Waals surface area contributed by atoms with Gasteiger partial charge in [0.25, 0.3) is 0 Å². The summed E-state index contributed by atoms with van der Waals surface area (Å²) in [4.78, 5) is 3.60. The molecule has 0 bridgehead atoms. The van der Waals surface area contributed by atoms with E-state index in [1.54, 1.807) is 0 Å². The zero-order valence-corrected chi connectivity index (χ0v) is 16.5. The molecule has 126 valence electrons. The molecule has 0 unspecified atom stereocenters. The Morgan fingerprint density at radius 2 is 1.04 bits per heavy atom. The third-order valence-corrected chi connectivity index (χ3v) is 14.8. The molecular formula is C22H21BrNP. The SMILES string of the molecule is [C-]#[N+]CCCP(Br)(c1ccccc1)(c1ccccc1)c1ccccc1. The number of hydrogen-bond acceptors (Lipinski definition) is 0. The van der Waals surface area contributed by atoms with Crippen molar-refractivity contribution in [1.29, 1.82) is 0 Å². The maximum atomic E-state index is 7.21. The molecule has 3 rings (SSSR count). The molecule has 0 aliphatic rings. The average molecular weight is 410 g/mol. The summed E-state index contributed by atoms with van der Waals surface area (Å²) < 4.78 is 0. The van der Waals surface area contributed by atoms with Crippen molar-refractivity contribution in [2.75, 3.05) is 12.7 Å². The molecule has 0 atom stereocenters. The fraction of sp³-hybridized carbons (Fsp3) is 0.136. The van der Waals surface area contributed by atoms with Crippen molar-refractivity contribution in [3.63, 3.8) is 0 Å². The predicted molar refractivity (Wildman–Crippen MR) is 115 cm³/mol. The van der Waals surface area contributed by atoms with Gasteiger partial charge in [-0.2, -0.15) is 0 Å². The topological polar surface area (TPSA) is 4.36 Å². The van der Waals surface area contributed by atoms with E-state index in [1.165, 1.54) is 15.9 Å². The summed E-state index contributed by atoms with van der Waals surface area (Å²) >= 11 is 4.38. The van der Waals surface area contributed by atoms with Crippen molar-refractivity contribution < 1.29 is 0 Å². The van der Waals surface area contributed by atoms with Crippen LogP contribution in [0.15, 0.2) is 91.0 Å². The second-order valence-electron chi connectivity index (χ2n) is 6.15. The summed E-state index contributed by atoms with van der Waals surface area (Å²) in [6.45, 7) is 7.76. The molecule has 3 heteroatoms. The van der Waals surface area contributed by atoms with Crippen LogP contribution in [0.2, 0.25) is 0 Å². The number of benzene rings is 3. The first-order valence-corrected chi connectivity index (χ1v) is 12.9. The number of nitrogens with zero attached hydrogens (tertiary/aromatic N) is 1. The van der Waals surface area contributed by atoms with Crippen LogP contribution in [-0.2, 0) is 0 Å². The van der Waals surface area contributed by atoms with Crippen LogP contribution in [0.5, 0.6) is 0 Å². The Balaban J connectivity index is 2.34. The van der Waals surface area contributed by atoms with Crippen LogP contribution in [0.1, 0.15) is 6.42 Å². The molecule has 0 N–H and O–H groups in total. The van der Waals surface area contributed by atoms with Crippen LogP contribution in [-0.4, -0.2) is 12.7 Å². The average Bonchev–Trinajstić information content (AvgIpc) is 2.70. The molecule has 0 amide bonds. The van der Waals surface area contributed by atoms with E-state index in [0.29, 0.717) is 6.54 Å². The van der Waals surface area contributed by atoms with Crippen molar-refractivity contribution >= 4 is 36.7 Å². The maximum absolute atomic E-state index is 7.21. The van der Waals surface area contributed by atoms with E-state index in [9.17, 15) is 0 Å². The van der Waals surface area contributed by atoms with Gasteiger partial charge in [-0.25, -0.2) is 0 Å². The summed E-state index contributed by atoms with van der Waals surface area (Å²) in [5.41, 5.74) is 0. The van der Waals surface area contributed by atoms with Crippen LogP contribution >= 0.6 is 20.8 Å². The van der Waals surface area contributed by atoms with E-state index in [2.05, 4.69) is 111 Å². The minimum atomic E-state index is -2.80. The summed E-state index contributed by atoms with van der Waals surface area (Å²) in [6, 6.07) is 32.2.